The van der Waals surface area contributed by atoms with Crippen molar-refractivity contribution < 1.29 is 0 Å². The zero-order valence-electron chi connectivity index (χ0n) is 10.3. The first-order valence-corrected chi connectivity index (χ1v) is 5.86. The number of aromatic nitrogens is 3. The highest BCUT2D eigenvalue weighted by molar-refractivity contribution is 5.13. The molecule has 0 saturated carbocycles. The lowest BCUT2D eigenvalue weighted by molar-refractivity contribution is 0.575. The van der Waals surface area contributed by atoms with E-state index < -0.39 is 0 Å². The number of hydrogen-bond donors (Lipinski definition) is 1. The molecule has 4 heteroatoms. The first-order chi connectivity index (χ1) is 8.25. The Morgan fingerprint density at radius 3 is 2.94 bits per heavy atom. The average Bonchev–Trinajstić information content (AvgIpc) is 2.76. The van der Waals surface area contributed by atoms with Gasteiger partial charge in [0.25, 0.3) is 0 Å². The first-order valence-electron chi connectivity index (χ1n) is 5.86. The first kappa shape index (κ1) is 11.8. The molecule has 0 aliphatic carbocycles. The molecule has 0 bridgehead atoms. The molecule has 0 fully saturated rings. The highest BCUT2D eigenvalue weighted by atomic mass is 15.2. The Kier molecular flexibility index (Phi) is 3.88. The maximum atomic E-state index is 4.15. The fourth-order valence-electron chi connectivity index (χ4n) is 1.78. The predicted octanol–water partition coefficient (Wildman–Crippen LogP) is 1.71. The van der Waals surface area contributed by atoms with Crippen LogP contribution in [0.15, 0.2) is 36.9 Å². The monoisotopic (exact) mass is 230 g/mol. The van der Waals surface area contributed by atoms with E-state index in [2.05, 4.69) is 34.6 Å². The molecule has 1 N–H and O–H groups in total. The lowest BCUT2D eigenvalue weighted by atomic mass is 10.1. The van der Waals surface area contributed by atoms with Crippen LogP contribution >= 0.6 is 0 Å². The van der Waals surface area contributed by atoms with Gasteiger partial charge in [-0.2, -0.15) is 5.10 Å². The van der Waals surface area contributed by atoms with Crippen LogP contribution in [0.3, 0.4) is 0 Å². The molecule has 0 saturated heterocycles. The number of hydrogen-bond acceptors (Lipinski definition) is 3. The van der Waals surface area contributed by atoms with Gasteiger partial charge in [-0.05, 0) is 37.1 Å². The van der Waals surface area contributed by atoms with Gasteiger partial charge in [0.1, 0.15) is 0 Å². The molecule has 0 amide bonds. The van der Waals surface area contributed by atoms with Crippen molar-refractivity contribution in [2.45, 2.75) is 19.4 Å². The van der Waals surface area contributed by atoms with E-state index in [0.29, 0.717) is 6.04 Å². The van der Waals surface area contributed by atoms with Gasteiger partial charge in [-0.25, -0.2) is 0 Å². The van der Waals surface area contributed by atoms with Gasteiger partial charge in [0.05, 0.1) is 6.20 Å². The topological polar surface area (TPSA) is 42.7 Å². The van der Waals surface area contributed by atoms with Crippen molar-refractivity contribution in [2.75, 3.05) is 6.54 Å². The second-order valence-electron chi connectivity index (χ2n) is 4.23. The minimum Gasteiger partial charge on any atom is -0.310 e. The maximum absolute atomic E-state index is 4.15. The summed E-state index contributed by atoms with van der Waals surface area (Å²) in [4.78, 5) is 4.12. The van der Waals surface area contributed by atoms with Crippen molar-refractivity contribution in [3.8, 4) is 0 Å². The van der Waals surface area contributed by atoms with Crippen LogP contribution in [0, 0.1) is 0 Å². The van der Waals surface area contributed by atoms with E-state index in [9.17, 15) is 0 Å². The van der Waals surface area contributed by atoms with Crippen LogP contribution in [0.2, 0.25) is 0 Å². The second kappa shape index (κ2) is 5.59. The molecule has 0 aliphatic heterocycles. The average molecular weight is 230 g/mol. The van der Waals surface area contributed by atoms with Gasteiger partial charge in [0, 0.05) is 31.7 Å². The number of nitrogens with one attached hydrogen (secondary N) is 1. The van der Waals surface area contributed by atoms with Crippen molar-refractivity contribution >= 4 is 0 Å². The fraction of sp³-hybridized carbons (Fsp3) is 0.385. The van der Waals surface area contributed by atoms with Gasteiger partial charge >= 0.3 is 0 Å². The van der Waals surface area contributed by atoms with Crippen LogP contribution in [-0.4, -0.2) is 21.3 Å². The summed E-state index contributed by atoms with van der Waals surface area (Å²) in [6.45, 7) is 3.10. The van der Waals surface area contributed by atoms with E-state index in [1.165, 1.54) is 11.1 Å². The molecular weight excluding hydrogens is 212 g/mol. The molecule has 4 nitrogen and oxygen atoms in total. The zero-order chi connectivity index (χ0) is 12.1. The van der Waals surface area contributed by atoms with Crippen LogP contribution in [0.25, 0.3) is 0 Å². The molecule has 90 valence electrons. The van der Waals surface area contributed by atoms with Crippen LogP contribution in [0.5, 0.6) is 0 Å². The normalized spacial score (nSPS) is 12.6. The quantitative estimate of drug-likeness (QED) is 0.850. The van der Waals surface area contributed by atoms with Gasteiger partial charge in [0.2, 0.25) is 0 Å². The standard InChI is InChI=1S/C13H18N4/c1-11(13-4-3-6-14-9-13)15-7-5-12-8-16-17(2)10-12/h3-4,6,8-11,15H,5,7H2,1-2H3/t11-/m1/s1. The molecule has 2 heterocycles. The van der Waals surface area contributed by atoms with Gasteiger partial charge in [0.15, 0.2) is 0 Å². The molecule has 0 aliphatic rings. The lowest BCUT2D eigenvalue weighted by Gasteiger charge is -2.13. The molecular formula is C13H18N4. The van der Waals surface area contributed by atoms with Crippen LogP contribution < -0.4 is 5.32 Å². The predicted molar refractivity (Wildman–Crippen MR) is 67.6 cm³/mol. The lowest BCUT2D eigenvalue weighted by Crippen LogP contribution is -2.21. The largest absolute Gasteiger partial charge is 0.310 e. The summed E-state index contributed by atoms with van der Waals surface area (Å²) in [5.74, 6) is 0. The van der Waals surface area contributed by atoms with Crippen LogP contribution in [0.1, 0.15) is 24.1 Å². The number of rotatable bonds is 5. The molecule has 17 heavy (non-hydrogen) atoms. The smallest absolute Gasteiger partial charge is 0.0522 e. The van der Waals surface area contributed by atoms with Gasteiger partial charge in [-0.3, -0.25) is 9.67 Å². The Morgan fingerprint density at radius 1 is 1.41 bits per heavy atom. The van der Waals surface area contributed by atoms with E-state index >= 15 is 0 Å². The van der Waals surface area contributed by atoms with E-state index in [1.807, 2.05) is 30.2 Å². The van der Waals surface area contributed by atoms with E-state index in [-0.39, 0.29) is 0 Å². The minimum atomic E-state index is 0.334. The Morgan fingerprint density at radius 2 is 2.29 bits per heavy atom. The summed E-state index contributed by atoms with van der Waals surface area (Å²) in [7, 11) is 1.94. The van der Waals surface area contributed by atoms with E-state index in [0.717, 1.165) is 13.0 Å². The Balaban J connectivity index is 1.79. The number of nitrogens with zero attached hydrogens (tertiary/aromatic N) is 3. The Labute approximate surface area is 102 Å². The Hall–Kier alpha value is -1.68. The van der Waals surface area contributed by atoms with Crippen molar-refractivity contribution in [1.82, 2.24) is 20.1 Å². The summed E-state index contributed by atoms with van der Waals surface area (Å²) in [5.41, 5.74) is 2.48. The SMILES string of the molecule is C[C@@H](NCCc1cnn(C)c1)c1cccnc1. The minimum absolute atomic E-state index is 0.334. The molecule has 0 spiro atoms. The third-order valence-corrected chi connectivity index (χ3v) is 2.81. The maximum Gasteiger partial charge on any atom is 0.0522 e. The Bertz CT molecular complexity index is 449. The third kappa shape index (κ3) is 3.39. The van der Waals surface area contributed by atoms with Gasteiger partial charge in [-0.1, -0.05) is 6.07 Å². The molecule has 0 unspecified atom stereocenters. The summed E-state index contributed by atoms with van der Waals surface area (Å²) in [6.07, 6.45) is 8.67. The molecule has 1 atom stereocenters. The third-order valence-electron chi connectivity index (χ3n) is 2.81. The second-order valence-corrected chi connectivity index (χ2v) is 4.23. The highest BCUT2D eigenvalue weighted by Gasteiger charge is 2.04. The summed E-state index contributed by atoms with van der Waals surface area (Å²) < 4.78 is 1.83. The van der Waals surface area contributed by atoms with Crippen molar-refractivity contribution in [1.29, 1.82) is 0 Å². The van der Waals surface area contributed by atoms with Gasteiger partial charge in [-0.15, -0.1) is 0 Å². The molecule has 2 aromatic rings. The van der Waals surface area contributed by atoms with Crippen molar-refractivity contribution in [2.24, 2.45) is 7.05 Å². The summed E-state index contributed by atoms with van der Waals surface area (Å²) >= 11 is 0. The fourth-order valence-corrected chi connectivity index (χ4v) is 1.78. The van der Waals surface area contributed by atoms with Crippen molar-refractivity contribution in [3.05, 3.63) is 48.0 Å². The number of aryl methyl sites for hydroxylation is 1. The van der Waals surface area contributed by atoms with Gasteiger partial charge < -0.3 is 5.32 Å². The zero-order valence-corrected chi connectivity index (χ0v) is 10.3. The van der Waals surface area contributed by atoms with Crippen LogP contribution in [-0.2, 0) is 13.5 Å². The summed E-state index contributed by atoms with van der Waals surface area (Å²) in [6, 6.07) is 4.39. The van der Waals surface area contributed by atoms with Crippen molar-refractivity contribution in [3.63, 3.8) is 0 Å². The molecule has 0 aromatic carbocycles. The molecule has 2 rings (SSSR count). The van der Waals surface area contributed by atoms with Crippen LogP contribution in [0.4, 0.5) is 0 Å². The summed E-state index contributed by atoms with van der Waals surface area (Å²) in [5, 5.41) is 7.63. The van der Waals surface area contributed by atoms with E-state index in [1.54, 1.807) is 6.20 Å². The van der Waals surface area contributed by atoms with E-state index in [4.69, 9.17) is 0 Å². The molecule has 0 radical (unpaired) electrons. The highest BCUT2D eigenvalue weighted by Crippen LogP contribution is 2.09. The number of pyridine rings is 1. The molecule has 2 aromatic heterocycles.